The standard InChI is InChI=1S/C34H35F2N5O/c1-22-14-23(2)29(16-27(22)15-25-8-10-39(11-9-25)32-7-5-4-6-26(32)19-37)34(42)41-13-12-40(21-24(41)3)33-18-31(36)30(35)17-28(33)20-38/h4-7,14,16-18,24-25H,8-13,15,21H2,1-3H3/t24-/m0/s1. The molecule has 8 heteroatoms. The molecule has 3 aromatic rings. The lowest BCUT2D eigenvalue weighted by atomic mass is 9.86. The molecule has 0 aliphatic carbocycles. The van der Waals surface area contributed by atoms with E-state index in [0.29, 0.717) is 42.4 Å². The molecule has 216 valence electrons. The zero-order valence-electron chi connectivity index (χ0n) is 24.3. The van der Waals surface area contributed by atoms with E-state index in [2.05, 4.69) is 30.0 Å². The molecule has 0 aromatic heterocycles. The van der Waals surface area contributed by atoms with Crippen molar-refractivity contribution in [2.45, 2.75) is 46.1 Å². The predicted molar refractivity (Wildman–Crippen MR) is 159 cm³/mol. The number of piperidine rings is 1. The quantitative estimate of drug-likeness (QED) is 0.371. The van der Waals surface area contributed by atoms with E-state index in [4.69, 9.17) is 0 Å². The van der Waals surface area contributed by atoms with Gasteiger partial charge >= 0.3 is 0 Å². The Hall–Kier alpha value is -4.43. The molecular formula is C34H35F2N5O. The summed E-state index contributed by atoms with van der Waals surface area (Å²) in [5, 5.41) is 18.9. The first-order chi connectivity index (χ1) is 20.2. The number of piperazine rings is 1. The third-order valence-corrected chi connectivity index (χ3v) is 8.79. The van der Waals surface area contributed by atoms with Gasteiger partial charge in [0.25, 0.3) is 5.91 Å². The molecule has 2 aliphatic rings. The van der Waals surface area contributed by atoms with E-state index < -0.39 is 11.6 Å². The highest BCUT2D eigenvalue weighted by molar-refractivity contribution is 5.96. The number of anilines is 2. The minimum absolute atomic E-state index is 0.0328. The van der Waals surface area contributed by atoms with Crippen LogP contribution in [0.4, 0.5) is 20.2 Å². The lowest BCUT2D eigenvalue weighted by Gasteiger charge is -2.41. The number of hydrogen-bond donors (Lipinski definition) is 0. The summed E-state index contributed by atoms with van der Waals surface area (Å²) in [6.45, 7) is 9.05. The Balaban J connectivity index is 1.27. The van der Waals surface area contributed by atoms with Gasteiger partial charge in [-0.25, -0.2) is 8.78 Å². The molecule has 2 saturated heterocycles. The zero-order valence-corrected chi connectivity index (χ0v) is 24.3. The first-order valence-corrected chi connectivity index (χ1v) is 14.5. The van der Waals surface area contributed by atoms with Crippen LogP contribution in [-0.4, -0.2) is 49.6 Å². The Morgan fingerprint density at radius 1 is 0.857 bits per heavy atom. The number of para-hydroxylation sites is 1. The average molecular weight is 568 g/mol. The summed E-state index contributed by atoms with van der Waals surface area (Å²) in [5.74, 6) is -1.57. The molecule has 0 N–H and O–H groups in total. The van der Waals surface area contributed by atoms with Crippen molar-refractivity contribution < 1.29 is 13.6 Å². The van der Waals surface area contributed by atoms with Crippen LogP contribution < -0.4 is 9.80 Å². The molecule has 0 saturated carbocycles. The Morgan fingerprint density at radius 2 is 1.55 bits per heavy atom. The van der Waals surface area contributed by atoms with E-state index >= 15 is 0 Å². The Morgan fingerprint density at radius 3 is 2.24 bits per heavy atom. The third-order valence-electron chi connectivity index (χ3n) is 8.79. The van der Waals surface area contributed by atoms with Gasteiger partial charge in [-0.15, -0.1) is 0 Å². The van der Waals surface area contributed by atoms with Gasteiger partial charge in [0.15, 0.2) is 11.6 Å². The van der Waals surface area contributed by atoms with E-state index in [1.54, 1.807) is 0 Å². The molecule has 2 aliphatic heterocycles. The lowest BCUT2D eigenvalue weighted by molar-refractivity contribution is 0.0673. The van der Waals surface area contributed by atoms with Crippen molar-refractivity contribution in [1.82, 2.24) is 4.90 Å². The summed E-state index contributed by atoms with van der Waals surface area (Å²) in [5.41, 5.74) is 6.15. The molecule has 5 rings (SSSR count). The van der Waals surface area contributed by atoms with Crippen molar-refractivity contribution in [3.05, 3.63) is 93.5 Å². The fourth-order valence-corrected chi connectivity index (χ4v) is 6.40. The number of aryl methyl sites for hydroxylation is 2. The van der Waals surface area contributed by atoms with Crippen LogP contribution in [0.2, 0.25) is 0 Å². The molecule has 1 atom stereocenters. The van der Waals surface area contributed by atoms with E-state index in [9.17, 15) is 24.1 Å². The van der Waals surface area contributed by atoms with Crippen molar-refractivity contribution in [3.63, 3.8) is 0 Å². The zero-order chi connectivity index (χ0) is 30.0. The smallest absolute Gasteiger partial charge is 0.254 e. The van der Waals surface area contributed by atoms with Crippen molar-refractivity contribution in [2.24, 2.45) is 5.92 Å². The second kappa shape index (κ2) is 12.2. The van der Waals surface area contributed by atoms with Crippen molar-refractivity contribution >= 4 is 17.3 Å². The van der Waals surface area contributed by atoms with Gasteiger partial charge < -0.3 is 14.7 Å². The molecule has 0 bridgehead atoms. The monoisotopic (exact) mass is 567 g/mol. The van der Waals surface area contributed by atoms with Crippen molar-refractivity contribution in [3.8, 4) is 12.1 Å². The number of carbonyl (C=O) groups is 1. The fraction of sp³-hybridized carbons (Fsp3) is 0.382. The number of rotatable bonds is 5. The second-order valence-electron chi connectivity index (χ2n) is 11.5. The van der Waals surface area contributed by atoms with Gasteiger partial charge in [0.2, 0.25) is 0 Å². The molecule has 2 fully saturated rings. The molecule has 0 unspecified atom stereocenters. The number of benzene rings is 3. The normalized spacial score (nSPS) is 17.6. The van der Waals surface area contributed by atoms with Gasteiger partial charge in [-0.1, -0.05) is 18.2 Å². The summed E-state index contributed by atoms with van der Waals surface area (Å²) in [6, 6.07) is 18.0. The fourth-order valence-electron chi connectivity index (χ4n) is 6.40. The van der Waals surface area contributed by atoms with E-state index in [-0.39, 0.29) is 17.5 Å². The van der Waals surface area contributed by atoms with E-state index in [1.807, 2.05) is 54.0 Å². The van der Waals surface area contributed by atoms with Crippen LogP contribution in [0.3, 0.4) is 0 Å². The minimum Gasteiger partial charge on any atom is -0.370 e. The topological polar surface area (TPSA) is 74.4 Å². The number of hydrogen-bond acceptors (Lipinski definition) is 5. The van der Waals surface area contributed by atoms with Gasteiger partial charge in [0.1, 0.15) is 12.1 Å². The van der Waals surface area contributed by atoms with Crippen LogP contribution in [0.5, 0.6) is 0 Å². The van der Waals surface area contributed by atoms with Crippen molar-refractivity contribution in [1.29, 1.82) is 10.5 Å². The summed E-state index contributed by atoms with van der Waals surface area (Å²) in [6.07, 6.45) is 2.94. The molecule has 2 heterocycles. The summed E-state index contributed by atoms with van der Waals surface area (Å²) < 4.78 is 27.7. The molecule has 42 heavy (non-hydrogen) atoms. The first kappa shape index (κ1) is 29.1. The van der Waals surface area contributed by atoms with E-state index in [0.717, 1.165) is 55.7 Å². The Bertz CT molecular complexity index is 1580. The highest BCUT2D eigenvalue weighted by Gasteiger charge is 2.31. The minimum atomic E-state index is -1.04. The lowest BCUT2D eigenvalue weighted by Crippen LogP contribution is -2.54. The summed E-state index contributed by atoms with van der Waals surface area (Å²) in [4.78, 5) is 19.8. The van der Waals surface area contributed by atoms with Crippen LogP contribution >= 0.6 is 0 Å². The molecular weight excluding hydrogens is 532 g/mol. The molecule has 0 radical (unpaired) electrons. The number of nitriles is 2. The van der Waals surface area contributed by atoms with Crippen LogP contribution in [0.15, 0.2) is 48.5 Å². The van der Waals surface area contributed by atoms with Crippen LogP contribution in [-0.2, 0) is 6.42 Å². The molecule has 1 amide bonds. The summed E-state index contributed by atoms with van der Waals surface area (Å²) in [7, 11) is 0. The molecule has 6 nitrogen and oxygen atoms in total. The third kappa shape index (κ3) is 5.81. The highest BCUT2D eigenvalue weighted by Crippen LogP contribution is 2.31. The van der Waals surface area contributed by atoms with Gasteiger partial charge in [0, 0.05) is 50.4 Å². The number of nitrogens with zero attached hydrogens (tertiary/aromatic N) is 5. The average Bonchev–Trinajstić information content (AvgIpc) is 2.99. The number of halogens is 2. The second-order valence-corrected chi connectivity index (χ2v) is 11.5. The largest absolute Gasteiger partial charge is 0.370 e. The maximum atomic E-state index is 14.0. The van der Waals surface area contributed by atoms with Gasteiger partial charge in [-0.05, 0) is 86.9 Å². The van der Waals surface area contributed by atoms with Crippen LogP contribution in [0.25, 0.3) is 0 Å². The van der Waals surface area contributed by atoms with Gasteiger partial charge in [-0.3, -0.25) is 4.79 Å². The Labute approximate surface area is 246 Å². The maximum Gasteiger partial charge on any atom is 0.254 e. The van der Waals surface area contributed by atoms with Crippen LogP contribution in [0, 0.1) is 54.1 Å². The first-order valence-electron chi connectivity index (χ1n) is 14.5. The number of amides is 1. The SMILES string of the molecule is Cc1cc(C)c(C(=O)N2CCN(c3cc(F)c(F)cc3C#N)C[C@@H]2C)cc1CC1CCN(c2ccccc2C#N)CC1. The van der Waals surface area contributed by atoms with Gasteiger partial charge in [-0.2, -0.15) is 10.5 Å². The Kier molecular flexibility index (Phi) is 8.45. The number of carbonyl (C=O) groups excluding carboxylic acids is 1. The highest BCUT2D eigenvalue weighted by atomic mass is 19.2. The maximum absolute atomic E-state index is 14.0. The predicted octanol–water partition coefficient (Wildman–Crippen LogP) is 6.14. The van der Waals surface area contributed by atoms with Gasteiger partial charge in [0.05, 0.1) is 22.5 Å². The molecule has 3 aromatic carbocycles. The van der Waals surface area contributed by atoms with Crippen molar-refractivity contribution in [2.75, 3.05) is 42.5 Å². The van der Waals surface area contributed by atoms with E-state index in [1.165, 1.54) is 11.1 Å². The van der Waals surface area contributed by atoms with Crippen LogP contribution in [0.1, 0.15) is 57.9 Å². The molecule has 0 spiro atoms. The summed E-state index contributed by atoms with van der Waals surface area (Å²) >= 11 is 0.